The number of nitrogens with zero attached hydrogens (tertiary/aromatic N) is 1. The highest BCUT2D eigenvalue weighted by Crippen LogP contribution is 1.90. The second-order valence-electron chi connectivity index (χ2n) is 1.75. The fraction of sp³-hybridized carbons (Fsp3) is 0.143. The number of rotatable bonds is 2. The zero-order valence-electron chi connectivity index (χ0n) is 5.17. The Morgan fingerprint density at radius 1 is 1.56 bits per heavy atom. The summed E-state index contributed by atoms with van der Waals surface area (Å²) >= 11 is 0. The zero-order chi connectivity index (χ0) is 6.53. The molecule has 1 radical (unpaired) electrons. The van der Waals surface area contributed by atoms with Gasteiger partial charge in [0, 0.05) is 19.8 Å². The summed E-state index contributed by atoms with van der Waals surface area (Å²) in [5.74, 6) is 0. The lowest BCUT2D eigenvalue weighted by molar-refractivity contribution is 0.833. The number of hydrogen-bond donors (Lipinski definition) is 1. The van der Waals surface area contributed by atoms with Gasteiger partial charge >= 0.3 is 0 Å². The molecule has 0 aliphatic carbocycles. The zero-order valence-corrected chi connectivity index (χ0v) is 5.17. The van der Waals surface area contributed by atoms with E-state index in [4.69, 9.17) is 0 Å². The van der Waals surface area contributed by atoms with E-state index in [1.807, 2.05) is 18.2 Å². The molecular formula is C7H9N2. The summed E-state index contributed by atoms with van der Waals surface area (Å²) in [6.07, 6.45) is 1.77. The van der Waals surface area contributed by atoms with Crippen LogP contribution in [0.4, 0.5) is 0 Å². The summed E-state index contributed by atoms with van der Waals surface area (Å²) in [6, 6.07) is 5.81. The van der Waals surface area contributed by atoms with Crippen LogP contribution in [-0.4, -0.2) is 4.98 Å². The fourth-order valence-corrected chi connectivity index (χ4v) is 0.631. The van der Waals surface area contributed by atoms with Crippen LogP contribution < -0.4 is 5.32 Å². The molecule has 0 aromatic carbocycles. The summed E-state index contributed by atoms with van der Waals surface area (Å²) < 4.78 is 0. The summed E-state index contributed by atoms with van der Waals surface area (Å²) in [5, 5.41) is 2.77. The molecule has 1 aromatic rings. The predicted molar refractivity (Wildman–Crippen MR) is 36.4 cm³/mol. The third kappa shape index (κ3) is 1.82. The van der Waals surface area contributed by atoms with Gasteiger partial charge in [0.05, 0.1) is 5.69 Å². The monoisotopic (exact) mass is 121 g/mol. The molecule has 0 aliphatic heterocycles. The van der Waals surface area contributed by atoms with Crippen molar-refractivity contribution in [2.24, 2.45) is 0 Å². The van der Waals surface area contributed by atoms with Crippen molar-refractivity contribution in [3.8, 4) is 0 Å². The van der Waals surface area contributed by atoms with Gasteiger partial charge in [-0.15, -0.1) is 0 Å². The first-order valence-electron chi connectivity index (χ1n) is 2.83. The van der Waals surface area contributed by atoms with E-state index >= 15 is 0 Å². The van der Waals surface area contributed by atoms with Gasteiger partial charge in [-0.1, -0.05) is 6.07 Å². The van der Waals surface area contributed by atoms with Crippen molar-refractivity contribution in [2.45, 2.75) is 6.54 Å². The quantitative estimate of drug-likeness (QED) is 0.630. The standard InChI is InChI=1S/C7H9N2/c1-8-6-7-4-2-3-5-9-7/h2-5,8H,1,6H2. The fourth-order valence-electron chi connectivity index (χ4n) is 0.631. The Hall–Kier alpha value is -0.890. The molecule has 1 rings (SSSR count). The highest BCUT2D eigenvalue weighted by molar-refractivity contribution is 5.02. The molecule has 1 aromatic heterocycles. The van der Waals surface area contributed by atoms with Crippen molar-refractivity contribution in [3.63, 3.8) is 0 Å². The molecule has 0 fully saturated rings. The summed E-state index contributed by atoms with van der Waals surface area (Å²) in [7, 11) is 3.49. The maximum atomic E-state index is 4.07. The molecule has 1 heterocycles. The van der Waals surface area contributed by atoms with Gasteiger partial charge in [0.1, 0.15) is 0 Å². The molecule has 9 heavy (non-hydrogen) atoms. The van der Waals surface area contributed by atoms with E-state index in [2.05, 4.69) is 17.3 Å². The minimum atomic E-state index is 0.737. The van der Waals surface area contributed by atoms with Crippen LogP contribution in [0.25, 0.3) is 0 Å². The van der Waals surface area contributed by atoms with Crippen LogP contribution in [0, 0.1) is 7.05 Å². The van der Waals surface area contributed by atoms with E-state index in [9.17, 15) is 0 Å². The van der Waals surface area contributed by atoms with E-state index in [1.165, 1.54) is 0 Å². The van der Waals surface area contributed by atoms with E-state index in [0.717, 1.165) is 12.2 Å². The molecule has 2 nitrogen and oxygen atoms in total. The Balaban J connectivity index is 2.61. The maximum absolute atomic E-state index is 4.07. The highest BCUT2D eigenvalue weighted by atomic mass is 14.8. The highest BCUT2D eigenvalue weighted by Gasteiger charge is 1.85. The summed E-state index contributed by atoms with van der Waals surface area (Å²) in [6.45, 7) is 0.737. The van der Waals surface area contributed by atoms with Crippen LogP contribution in [0.15, 0.2) is 24.4 Å². The average Bonchev–Trinajstić information content (AvgIpc) is 1.91. The van der Waals surface area contributed by atoms with Crippen LogP contribution in [0.1, 0.15) is 5.69 Å². The van der Waals surface area contributed by atoms with Crippen LogP contribution in [0.2, 0.25) is 0 Å². The molecule has 0 bridgehead atoms. The van der Waals surface area contributed by atoms with Crippen molar-refractivity contribution >= 4 is 0 Å². The predicted octanol–water partition coefficient (Wildman–Crippen LogP) is 0.963. The number of pyridine rings is 1. The van der Waals surface area contributed by atoms with Crippen molar-refractivity contribution in [3.05, 3.63) is 37.1 Å². The second kappa shape index (κ2) is 3.20. The van der Waals surface area contributed by atoms with Gasteiger partial charge in [-0.25, -0.2) is 0 Å². The second-order valence-corrected chi connectivity index (χ2v) is 1.75. The third-order valence-corrected chi connectivity index (χ3v) is 1.03. The molecule has 47 valence electrons. The van der Waals surface area contributed by atoms with E-state index < -0.39 is 0 Å². The molecular weight excluding hydrogens is 112 g/mol. The molecule has 0 saturated heterocycles. The first-order chi connectivity index (χ1) is 4.43. The van der Waals surface area contributed by atoms with Gasteiger partial charge in [0.15, 0.2) is 0 Å². The normalized spacial score (nSPS) is 9.44. The Labute approximate surface area is 54.9 Å². The van der Waals surface area contributed by atoms with Crippen LogP contribution in [-0.2, 0) is 6.54 Å². The smallest absolute Gasteiger partial charge is 0.0541 e. The topological polar surface area (TPSA) is 24.9 Å². The van der Waals surface area contributed by atoms with Crippen molar-refractivity contribution < 1.29 is 0 Å². The molecule has 2 heteroatoms. The Bertz CT molecular complexity index is 160. The maximum Gasteiger partial charge on any atom is 0.0541 e. The van der Waals surface area contributed by atoms with E-state index in [-0.39, 0.29) is 0 Å². The largest absolute Gasteiger partial charge is 0.310 e. The van der Waals surface area contributed by atoms with Gasteiger partial charge in [-0.05, 0) is 12.1 Å². The Morgan fingerprint density at radius 3 is 3.00 bits per heavy atom. The third-order valence-electron chi connectivity index (χ3n) is 1.03. The van der Waals surface area contributed by atoms with Gasteiger partial charge < -0.3 is 5.32 Å². The van der Waals surface area contributed by atoms with Crippen molar-refractivity contribution in [2.75, 3.05) is 0 Å². The van der Waals surface area contributed by atoms with Crippen LogP contribution in [0.3, 0.4) is 0 Å². The first kappa shape index (κ1) is 6.23. The minimum absolute atomic E-state index is 0.737. The SMILES string of the molecule is [CH2]NCc1ccccn1. The lowest BCUT2D eigenvalue weighted by atomic mass is 10.3. The minimum Gasteiger partial charge on any atom is -0.310 e. The lowest BCUT2D eigenvalue weighted by Gasteiger charge is -1.94. The van der Waals surface area contributed by atoms with E-state index in [0.29, 0.717) is 0 Å². The Morgan fingerprint density at radius 2 is 2.44 bits per heavy atom. The first-order valence-corrected chi connectivity index (χ1v) is 2.83. The molecule has 0 atom stereocenters. The summed E-state index contributed by atoms with van der Waals surface area (Å²) in [5.41, 5.74) is 1.02. The lowest BCUT2D eigenvalue weighted by Crippen LogP contribution is -2.03. The molecule has 1 N–H and O–H groups in total. The molecule has 0 unspecified atom stereocenters. The molecule has 0 saturated carbocycles. The van der Waals surface area contributed by atoms with Crippen LogP contribution in [0.5, 0.6) is 0 Å². The van der Waals surface area contributed by atoms with Crippen molar-refractivity contribution in [1.29, 1.82) is 0 Å². The summed E-state index contributed by atoms with van der Waals surface area (Å²) in [4.78, 5) is 4.07. The molecule has 0 amide bonds. The Kier molecular flexibility index (Phi) is 2.22. The number of hydrogen-bond acceptors (Lipinski definition) is 2. The van der Waals surface area contributed by atoms with Crippen LogP contribution >= 0.6 is 0 Å². The van der Waals surface area contributed by atoms with Gasteiger partial charge in [0.25, 0.3) is 0 Å². The van der Waals surface area contributed by atoms with Crippen molar-refractivity contribution in [1.82, 2.24) is 10.3 Å². The van der Waals surface area contributed by atoms with Gasteiger partial charge in [-0.2, -0.15) is 0 Å². The van der Waals surface area contributed by atoms with E-state index in [1.54, 1.807) is 6.20 Å². The number of nitrogens with one attached hydrogen (secondary N) is 1. The van der Waals surface area contributed by atoms with Gasteiger partial charge in [-0.3, -0.25) is 4.98 Å². The number of aromatic nitrogens is 1. The molecule has 0 aliphatic rings. The van der Waals surface area contributed by atoms with Gasteiger partial charge in [0.2, 0.25) is 0 Å². The average molecular weight is 121 g/mol. The molecule has 0 spiro atoms.